The summed E-state index contributed by atoms with van der Waals surface area (Å²) in [6, 6.07) is 14.4. The van der Waals surface area contributed by atoms with E-state index in [2.05, 4.69) is 67.2 Å². The summed E-state index contributed by atoms with van der Waals surface area (Å²) in [5, 5.41) is 5.67. The highest BCUT2D eigenvalue weighted by molar-refractivity contribution is 5.78. The zero-order chi connectivity index (χ0) is 23.5. The van der Waals surface area contributed by atoms with E-state index in [1.165, 1.54) is 5.56 Å². The summed E-state index contributed by atoms with van der Waals surface area (Å²) in [7, 11) is 0. The van der Waals surface area contributed by atoms with Crippen molar-refractivity contribution in [3.8, 4) is 11.3 Å². The van der Waals surface area contributed by atoms with Crippen molar-refractivity contribution in [3.05, 3.63) is 72.2 Å². The first kappa shape index (κ1) is 23.3. The van der Waals surface area contributed by atoms with Crippen molar-refractivity contribution in [3.63, 3.8) is 0 Å². The first-order valence-electron chi connectivity index (χ1n) is 10.7. The molecule has 0 fully saturated rings. The maximum atomic E-state index is 11.8. The Labute approximate surface area is 190 Å². The summed E-state index contributed by atoms with van der Waals surface area (Å²) in [5.74, 6) is 0.375. The zero-order valence-corrected chi connectivity index (χ0v) is 19.7. The lowest BCUT2D eigenvalue weighted by Crippen LogP contribution is -2.35. The second-order valence-corrected chi connectivity index (χ2v) is 9.87. The van der Waals surface area contributed by atoms with E-state index >= 15 is 0 Å². The number of rotatable bonds is 5. The van der Waals surface area contributed by atoms with Crippen LogP contribution in [0.15, 0.2) is 61.1 Å². The van der Waals surface area contributed by atoms with Gasteiger partial charge >= 0.3 is 6.09 Å². The average molecular weight is 433 g/mol. The molecule has 0 unspecified atom stereocenters. The standard InChI is InChI=1S/C26H32N4O2/c1-17(29-24(31)32-26(5,6)7)27-15-18-11-12-21-22(13-18)28-16-23(30-21)19-9-8-10-20(14-19)25(2,3)4/h8-14,16,27H,1,15H2,2-7H3,(H,29,31). The van der Waals surface area contributed by atoms with Crippen molar-refractivity contribution in [1.82, 2.24) is 20.6 Å². The van der Waals surface area contributed by atoms with Gasteiger partial charge in [0.1, 0.15) is 11.4 Å². The first-order valence-corrected chi connectivity index (χ1v) is 10.7. The molecule has 1 aromatic heterocycles. The molecule has 32 heavy (non-hydrogen) atoms. The van der Waals surface area contributed by atoms with E-state index in [0.717, 1.165) is 27.9 Å². The zero-order valence-electron chi connectivity index (χ0n) is 19.7. The van der Waals surface area contributed by atoms with Gasteiger partial charge in [-0.2, -0.15) is 0 Å². The van der Waals surface area contributed by atoms with Gasteiger partial charge < -0.3 is 10.1 Å². The molecule has 0 atom stereocenters. The predicted molar refractivity (Wildman–Crippen MR) is 129 cm³/mol. The number of nitrogens with zero attached hydrogens (tertiary/aromatic N) is 2. The molecule has 3 rings (SSSR count). The third kappa shape index (κ3) is 6.30. The number of carbonyl (C=O) groups excluding carboxylic acids is 1. The molecule has 1 amide bonds. The highest BCUT2D eigenvalue weighted by Crippen LogP contribution is 2.27. The Morgan fingerprint density at radius 1 is 1.03 bits per heavy atom. The number of hydrogen-bond donors (Lipinski definition) is 2. The maximum Gasteiger partial charge on any atom is 0.413 e. The summed E-state index contributed by atoms with van der Waals surface area (Å²) < 4.78 is 5.22. The molecule has 0 aliphatic heterocycles. The molecule has 1 heterocycles. The van der Waals surface area contributed by atoms with Crippen molar-refractivity contribution in [2.75, 3.05) is 0 Å². The highest BCUT2D eigenvalue weighted by Gasteiger charge is 2.17. The largest absolute Gasteiger partial charge is 0.444 e. The molecule has 0 saturated carbocycles. The molecular weight excluding hydrogens is 400 g/mol. The Balaban J connectivity index is 1.69. The normalized spacial score (nSPS) is 11.8. The fourth-order valence-electron chi connectivity index (χ4n) is 3.13. The summed E-state index contributed by atoms with van der Waals surface area (Å²) in [6.07, 6.45) is 1.27. The number of nitrogens with one attached hydrogen (secondary N) is 2. The van der Waals surface area contributed by atoms with Gasteiger partial charge in [0.05, 0.1) is 22.9 Å². The summed E-state index contributed by atoms with van der Waals surface area (Å²) in [4.78, 5) is 21.3. The second-order valence-electron chi connectivity index (χ2n) is 9.87. The van der Waals surface area contributed by atoms with Gasteiger partial charge in [-0.05, 0) is 55.5 Å². The quantitative estimate of drug-likeness (QED) is 0.542. The predicted octanol–water partition coefficient (Wildman–Crippen LogP) is 5.68. The fraction of sp³-hybridized carbons (Fsp3) is 0.346. The number of alkyl carbamates (subject to hydrolysis) is 1. The lowest BCUT2D eigenvalue weighted by atomic mass is 9.86. The van der Waals surface area contributed by atoms with Crippen LogP contribution in [-0.4, -0.2) is 21.7 Å². The van der Waals surface area contributed by atoms with E-state index in [9.17, 15) is 4.79 Å². The Hall–Kier alpha value is -3.41. The van der Waals surface area contributed by atoms with Crippen LogP contribution in [0.25, 0.3) is 22.3 Å². The van der Waals surface area contributed by atoms with E-state index in [1.807, 2.05) is 45.2 Å². The van der Waals surface area contributed by atoms with Crippen LogP contribution in [-0.2, 0) is 16.7 Å². The number of fused-ring (bicyclic) bond motifs is 1. The third-order valence-electron chi connectivity index (χ3n) is 4.79. The maximum absolute atomic E-state index is 11.8. The molecule has 0 saturated heterocycles. The highest BCUT2D eigenvalue weighted by atomic mass is 16.6. The average Bonchev–Trinajstić information content (AvgIpc) is 2.69. The molecule has 2 N–H and O–H groups in total. The minimum atomic E-state index is -0.561. The van der Waals surface area contributed by atoms with E-state index in [0.29, 0.717) is 12.4 Å². The molecule has 3 aromatic rings. The van der Waals surface area contributed by atoms with Crippen LogP contribution in [0.1, 0.15) is 52.7 Å². The molecule has 0 aliphatic carbocycles. The van der Waals surface area contributed by atoms with Crippen molar-refractivity contribution >= 4 is 17.1 Å². The van der Waals surface area contributed by atoms with Crippen LogP contribution < -0.4 is 10.6 Å². The SMILES string of the molecule is C=C(NCc1ccc2nc(-c3cccc(C(C)(C)C)c3)cnc2c1)NC(=O)OC(C)(C)C. The first-order chi connectivity index (χ1) is 14.9. The van der Waals surface area contributed by atoms with Gasteiger partial charge in [-0.1, -0.05) is 51.6 Å². The van der Waals surface area contributed by atoms with Crippen LogP contribution in [0.4, 0.5) is 4.79 Å². The monoisotopic (exact) mass is 432 g/mol. The van der Waals surface area contributed by atoms with Crippen LogP contribution in [0.2, 0.25) is 0 Å². The van der Waals surface area contributed by atoms with Crippen molar-refractivity contribution in [2.24, 2.45) is 0 Å². The van der Waals surface area contributed by atoms with Crippen molar-refractivity contribution in [2.45, 2.75) is 59.1 Å². The lowest BCUT2D eigenvalue weighted by molar-refractivity contribution is 0.0542. The second kappa shape index (κ2) is 8.99. The van der Waals surface area contributed by atoms with Gasteiger partial charge in [0.25, 0.3) is 0 Å². The number of aromatic nitrogens is 2. The summed E-state index contributed by atoms with van der Waals surface area (Å²) >= 11 is 0. The minimum Gasteiger partial charge on any atom is -0.444 e. The summed E-state index contributed by atoms with van der Waals surface area (Å²) in [6.45, 7) is 16.3. The Morgan fingerprint density at radius 3 is 2.47 bits per heavy atom. The molecule has 0 radical (unpaired) electrons. The van der Waals surface area contributed by atoms with Gasteiger partial charge in [0.15, 0.2) is 0 Å². The molecule has 6 nitrogen and oxygen atoms in total. The van der Waals surface area contributed by atoms with E-state index < -0.39 is 11.7 Å². The Kier molecular flexibility index (Phi) is 6.53. The molecule has 0 bridgehead atoms. The topological polar surface area (TPSA) is 76.1 Å². The molecule has 0 aliphatic rings. The molecule has 6 heteroatoms. The number of carbonyl (C=O) groups is 1. The number of ether oxygens (including phenoxy) is 1. The van der Waals surface area contributed by atoms with Gasteiger partial charge in [-0.25, -0.2) is 9.78 Å². The van der Waals surface area contributed by atoms with Crippen LogP contribution >= 0.6 is 0 Å². The van der Waals surface area contributed by atoms with Crippen molar-refractivity contribution < 1.29 is 9.53 Å². The third-order valence-corrected chi connectivity index (χ3v) is 4.79. The van der Waals surface area contributed by atoms with E-state index in [4.69, 9.17) is 9.72 Å². The number of benzene rings is 2. The lowest BCUT2D eigenvalue weighted by Gasteiger charge is -2.20. The molecule has 168 valence electrons. The summed E-state index contributed by atoms with van der Waals surface area (Å²) in [5.41, 5.74) is 5.33. The van der Waals surface area contributed by atoms with Crippen LogP contribution in [0.3, 0.4) is 0 Å². The minimum absolute atomic E-state index is 0.0739. The van der Waals surface area contributed by atoms with E-state index in [-0.39, 0.29) is 5.41 Å². The van der Waals surface area contributed by atoms with Gasteiger partial charge in [-0.15, -0.1) is 0 Å². The van der Waals surface area contributed by atoms with Gasteiger partial charge in [0, 0.05) is 12.1 Å². The van der Waals surface area contributed by atoms with Crippen LogP contribution in [0.5, 0.6) is 0 Å². The Morgan fingerprint density at radius 2 is 1.78 bits per heavy atom. The Bertz CT molecular complexity index is 1140. The molecule has 2 aromatic carbocycles. The number of amides is 1. The molecule has 0 spiro atoms. The fourth-order valence-corrected chi connectivity index (χ4v) is 3.13. The van der Waals surface area contributed by atoms with Gasteiger partial charge in [0.2, 0.25) is 0 Å². The van der Waals surface area contributed by atoms with Gasteiger partial charge in [-0.3, -0.25) is 10.3 Å². The van der Waals surface area contributed by atoms with Crippen molar-refractivity contribution in [1.29, 1.82) is 0 Å². The number of hydrogen-bond acceptors (Lipinski definition) is 5. The van der Waals surface area contributed by atoms with Crippen LogP contribution in [0, 0.1) is 0 Å². The smallest absolute Gasteiger partial charge is 0.413 e. The molecular formula is C26H32N4O2. The van der Waals surface area contributed by atoms with E-state index in [1.54, 1.807) is 0 Å².